The Hall–Kier alpha value is -1.95. The smallest absolute Gasteiger partial charge is 0.145 e. The summed E-state index contributed by atoms with van der Waals surface area (Å²) in [6.45, 7) is 2.30. The number of ether oxygens (including phenoxy) is 1. The second-order valence-corrected chi connectivity index (χ2v) is 3.48. The van der Waals surface area contributed by atoms with Crippen molar-refractivity contribution in [1.29, 1.82) is 0 Å². The highest BCUT2D eigenvalue weighted by molar-refractivity contribution is 5.48. The molecule has 0 saturated carbocycles. The topological polar surface area (TPSA) is 73.1 Å². The third-order valence-electron chi connectivity index (χ3n) is 2.38. The highest BCUT2D eigenvalue weighted by Crippen LogP contribution is 2.23. The average molecular weight is 234 g/mol. The van der Waals surface area contributed by atoms with Gasteiger partial charge in [-0.15, -0.1) is 5.10 Å². The van der Waals surface area contributed by atoms with Gasteiger partial charge in [-0.2, -0.15) is 4.68 Å². The van der Waals surface area contributed by atoms with Crippen molar-refractivity contribution in [3.8, 4) is 11.4 Å². The molecule has 90 valence electrons. The number of tetrazole rings is 1. The molecule has 1 aromatic carbocycles. The summed E-state index contributed by atoms with van der Waals surface area (Å²) in [5.74, 6) is 0.656. The van der Waals surface area contributed by atoms with Gasteiger partial charge in [0.15, 0.2) is 0 Å². The Kier molecular flexibility index (Phi) is 3.66. The summed E-state index contributed by atoms with van der Waals surface area (Å²) in [5, 5.41) is 19.8. The van der Waals surface area contributed by atoms with Gasteiger partial charge in [0.1, 0.15) is 24.4 Å². The second-order valence-electron chi connectivity index (χ2n) is 3.48. The Morgan fingerprint density at radius 2 is 2.29 bits per heavy atom. The fourth-order valence-corrected chi connectivity index (χ4v) is 1.51. The van der Waals surface area contributed by atoms with E-state index in [1.54, 1.807) is 4.68 Å². The zero-order valence-electron chi connectivity index (χ0n) is 9.58. The maximum absolute atomic E-state index is 8.78. The summed E-state index contributed by atoms with van der Waals surface area (Å²) in [7, 11) is 0. The summed E-state index contributed by atoms with van der Waals surface area (Å²) in [5.41, 5.74) is 1.95. The average Bonchev–Trinajstić information content (AvgIpc) is 2.90. The van der Waals surface area contributed by atoms with Gasteiger partial charge in [0.05, 0.1) is 6.61 Å². The van der Waals surface area contributed by atoms with Crippen LogP contribution in [0, 0.1) is 0 Å². The number of aromatic nitrogens is 4. The van der Waals surface area contributed by atoms with E-state index in [0.29, 0.717) is 5.75 Å². The summed E-state index contributed by atoms with van der Waals surface area (Å²) >= 11 is 0. The van der Waals surface area contributed by atoms with Gasteiger partial charge in [-0.1, -0.05) is 13.0 Å². The number of benzene rings is 1. The maximum atomic E-state index is 8.78. The Morgan fingerprint density at radius 1 is 1.41 bits per heavy atom. The van der Waals surface area contributed by atoms with Crippen molar-refractivity contribution >= 4 is 0 Å². The van der Waals surface area contributed by atoms with Crippen LogP contribution in [0.25, 0.3) is 5.69 Å². The number of aliphatic hydroxyl groups is 1. The van der Waals surface area contributed by atoms with Crippen molar-refractivity contribution in [2.75, 3.05) is 13.2 Å². The molecule has 0 fully saturated rings. The van der Waals surface area contributed by atoms with Crippen molar-refractivity contribution in [3.63, 3.8) is 0 Å². The summed E-state index contributed by atoms with van der Waals surface area (Å²) in [4.78, 5) is 0. The van der Waals surface area contributed by atoms with Crippen LogP contribution in [0.5, 0.6) is 5.75 Å². The van der Waals surface area contributed by atoms with Gasteiger partial charge in [-0.25, -0.2) is 0 Å². The van der Waals surface area contributed by atoms with E-state index in [-0.39, 0.29) is 13.2 Å². The van der Waals surface area contributed by atoms with E-state index in [9.17, 15) is 0 Å². The molecule has 0 spiro atoms. The fourth-order valence-electron chi connectivity index (χ4n) is 1.51. The summed E-state index contributed by atoms with van der Waals surface area (Å²) in [6.07, 6.45) is 2.44. The minimum atomic E-state index is -0.0232. The molecule has 0 saturated heterocycles. The van der Waals surface area contributed by atoms with E-state index < -0.39 is 0 Å². The molecule has 6 nitrogen and oxygen atoms in total. The van der Waals surface area contributed by atoms with E-state index in [1.807, 2.05) is 18.2 Å². The third-order valence-corrected chi connectivity index (χ3v) is 2.38. The first-order chi connectivity index (χ1) is 8.35. The van der Waals surface area contributed by atoms with Crippen molar-refractivity contribution in [3.05, 3.63) is 30.1 Å². The SMILES string of the molecule is CCc1ccc(OCCO)c(-n2cnnn2)c1. The highest BCUT2D eigenvalue weighted by Gasteiger charge is 2.08. The summed E-state index contributed by atoms with van der Waals surface area (Å²) in [6, 6.07) is 5.83. The van der Waals surface area contributed by atoms with Gasteiger partial charge < -0.3 is 9.84 Å². The van der Waals surface area contributed by atoms with Crippen LogP contribution >= 0.6 is 0 Å². The van der Waals surface area contributed by atoms with Crippen LogP contribution in [0.4, 0.5) is 0 Å². The highest BCUT2D eigenvalue weighted by atomic mass is 16.5. The standard InChI is InChI=1S/C11H14N4O2/c1-2-9-3-4-11(17-6-5-16)10(7-9)15-8-12-13-14-15/h3-4,7-8,16H,2,5-6H2,1H3. The van der Waals surface area contributed by atoms with Gasteiger partial charge in [0.2, 0.25) is 0 Å². The van der Waals surface area contributed by atoms with Gasteiger partial charge >= 0.3 is 0 Å². The molecule has 1 aromatic heterocycles. The van der Waals surface area contributed by atoms with Crippen LogP contribution < -0.4 is 4.74 Å². The number of nitrogens with zero attached hydrogens (tertiary/aromatic N) is 4. The second kappa shape index (κ2) is 5.40. The minimum absolute atomic E-state index is 0.0232. The van der Waals surface area contributed by atoms with Gasteiger partial charge in [-0.05, 0) is 34.5 Å². The normalized spacial score (nSPS) is 10.5. The van der Waals surface area contributed by atoms with Crippen molar-refractivity contribution < 1.29 is 9.84 Å². The van der Waals surface area contributed by atoms with Gasteiger partial charge in [-0.3, -0.25) is 0 Å². The minimum Gasteiger partial charge on any atom is -0.489 e. The predicted octanol–water partition coefficient (Wildman–Crippen LogP) is 0.596. The van der Waals surface area contributed by atoms with E-state index in [1.165, 1.54) is 11.9 Å². The van der Waals surface area contributed by atoms with Crippen LogP contribution in [0.2, 0.25) is 0 Å². The zero-order chi connectivity index (χ0) is 12.1. The molecule has 1 N–H and O–H groups in total. The number of rotatable bonds is 5. The number of hydrogen-bond donors (Lipinski definition) is 1. The molecule has 1 heterocycles. The molecule has 2 rings (SSSR count). The van der Waals surface area contributed by atoms with Crippen LogP contribution in [0.3, 0.4) is 0 Å². The van der Waals surface area contributed by atoms with Crippen LogP contribution in [-0.2, 0) is 6.42 Å². The molecule has 17 heavy (non-hydrogen) atoms. The molecular weight excluding hydrogens is 220 g/mol. The fraction of sp³-hybridized carbons (Fsp3) is 0.364. The Bertz CT molecular complexity index is 470. The van der Waals surface area contributed by atoms with E-state index in [0.717, 1.165) is 12.1 Å². The molecule has 0 radical (unpaired) electrons. The van der Waals surface area contributed by atoms with Crippen molar-refractivity contribution in [2.45, 2.75) is 13.3 Å². The largest absolute Gasteiger partial charge is 0.489 e. The molecule has 0 aliphatic heterocycles. The lowest BCUT2D eigenvalue weighted by molar-refractivity contribution is 0.201. The molecule has 0 aliphatic rings. The number of aliphatic hydroxyl groups excluding tert-OH is 1. The van der Waals surface area contributed by atoms with E-state index >= 15 is 0 Å². The quantitative estimate of drug-likeness (QED) is 0.820. The van der Waals surface area contributed by atoms with E-state index in [2.05, 4.69) is 22.4 Å². The molecule has 0 amide bonds. The molecular formula is C11H14N4O2. The zero-order valence-corrected chi connectivity index (χ0v) is 9.58. The molecule has 0 unspecified atom stereocenters. The Balaban J connectivity index is 2.37. The van der Waals surface area contributed by atoms with Crippen molar-refractivity contribution in [1.82, 2.24) is 20.2 Å². The van der Waals surface area contributed by atoms with Crippen LogP contribution in [-0.4, -0.2) is 38.5 Å². The lowest BCUT2D eigenvalue weighted by atomic mass is 10.1. The Morgan fingerprint density at radius 3 is 2.94 bits per heavy atom. The number of hydrogen-bond acceptors (Lipinski definition) is 5. The number of aryl methyl sites for hydroxylation is 1. The molecule has 0 bridgehead atoms. The lowest BCUT2D eigenvalue weighted by Crippen LogP contribution is -2.06. The molecule has 0 atom stereocenters. The van der Waals surface area contributed by atoms with Gasteiger partial charge in [0, 0.05) is 0 Å². The van der Waals surface area contributed by atoms with Crippen LogP contribution in [0.15, 0.2) is 24.5 Å². The monoisotopic (exact) mass is 234 g/mol. The molecule has 0 aliphatic carbocycles. The predicted molar refractivity (Wildman–Crippen MR) is 61.1 cm³/mol. The maximum Gasteiger partial charge on any atom is 0.145 e. The first-order valence-corrected chi connectivity index (χ1v) is 5.45. The molecule has 6 heteroatoms. The first kappa shape index (κ1) is 11.5. The Labute approximate surface area is 98.8 Å². The summed E-state index contributed by atoms with van der Waals surface area (Å²) < 4.78 is 6.99. The lowest BCUT2D eigenvalue weighted by Gasteiger charge is -2.11. The van der Waals surface area contributed by atoms with Crippen molar-refractivity contribution in [2.24, 2.45) is 0 Å². The first-order valence-electron chi connectivity index (χ1n) is 5.45. The van der Waals surface area contributed by atoms with E-state index in [4.69, 9.17) is 9.84 Å². The van der Waals surface area contributed by atoms with Gasteiger partial charge in [0.25, 0.3) is 0 Å². The third kappa shape index (κ3) is 2.59. The molecule has 2 aromatic rings. The van der Waals surface area contributed by atoms with Crippen LogP contribution in [0.1, 0.15) is 12.5 Å².